The van der Waals surface area contributed by atoms with Gasteiger partial charge in [-0.05, 0) is 24.3 Å². The molecule has 1 fully saturated rings. The number of amides is 2. The van der Waals surface area contributed by atoms with Crippen molar-refractivity contribution in [1.29, 1.82) is 0 Å². The van der Waals surface area contributed by atoms with Crippen LogP contribution in [0, 0.1) is 5.82 Å². The molecule has 1 aliphatic rings. The lowest BCUT2D eigenvalue weighted by atomic mass is 10.3. The number of rotatable bonds is 1. The second kappa shape index (κ2) is 6.34. The van der Waals surface area contributed by atoms with Crippen molar-refractivity contribution in [3.63, 3.8) is 0 Å². The second-order valence-electron chi connectivity index (χ2n) is 3.47. The van der Waals surface area contributed by atoms with E-state index in [9.17, 15) is 9.18 Å². The molecule has 0 atom stereocenters. The molecule has 0 saturated carbocycles. The minimum absolute atomic E-state index is 0.119. The Morgan fingerprint density at radius 1 is 1.16 bits per heavy atom. The lowest BCUT2D eigenvalue weighted by Crippen LogP contribution is -2.27. The number of anilines is 1. The van der Waals surface area contributed by atoms with Crippen molar-refractivity contribution < 1.29 is 29.0 Å². The van der Waals surface area contributed by atoms with E-state index in [1.165, 1.54) is 12.1 Å². The molecule has 3 N–H and O–H groups in total. The molecule has 8 heteroatoms. The molecule has 0 aromatic heterocycles. The predicted octanol–water partition coefficient (Wildman–Crippen LogP) is 0.511. The summed E-state index contributed by atoms with van der Waals surface area (Å²) in [4.78, 5) is 31.0. The SMILES string of the molecule is O=C(O)C(=O)O.O=C1NCCN1c1ccc(F)cc1. The number of carboxylic acids is 2. The molecule has 0 spiro atoms. The summed E-state index contributed by atoms with van der Waals surface area (Å²) in [6.07, 6.45) is 0. The maximum Gasteiger partial charge on any atom is 0.414 e. The molecule has 0 bridgehead atoms. The number of benzene rings is 1. The summed E-state index contributed by atoms with van der Waals surface area (Å²) in [7, 11) is 0. The summed E-state index contributed by atoms with van der Waals surface area (Å²) in [5.41, 5.74) is 0.733. The van der Waals surface area contributed by atoms with Gasteiger partial charge >= 0.3 is 18.0 Å². The summed E-state index contributed by atoms with van der Waals surface area (Å²) in [6, 6.07) is 5.77. The predicted molar refractivity (Wildman–Crippen MR) is 62.4 cm³/mol. The van der Waals surface area contributed by atoms with Crippen LogP contribution < -0.4 is 10.2 Å². The Hall–Kier alpha value is -2.64. The van der Waals surface area contributed by atoms with Crippen LogP contribution in [0.1, 0.15) is 0 Å². The van der Waals surface area contributed by atoms with Gasteiger partial charge in [0.1, 0.15) is 5.82 Å². The van der Waals surface area contributed by atoms with Crippen LogP contribution in [0.3, 0.4) is 0 Å². The van der Waals surface area contributed by atoms with Crippen LogP contribution in [-0.2, 0) is 9.59 Å². The number of nitrogens with one attached hydrogen (secondary N) is 1. The van der Waals surface area contributed by atoms with Crippen molar-refractivity contribution in [2.24, 2.45) is 0 Å². The molecule has 19 heavy (non-hydrogen) atoms. The van der Waals surface area contributed by atoms with Gasteiger partial charge in [-0.1, -0.05) is 0 Å². The fourth-order valence-corrected chi connectivity index (χ4v) is 1.34. The summed E-state index contributed by atoms with van der Waals surface area (Å²) < 4.78 is 12.6. The molecule has 102 valence electrons. The van der Waals surface area contributed by atoms with Gasteiger partial charge < -0.3 is 15.5 Å². The zero-order valence-corrected chi connectivity index (χ0v) is 9.67. The van der Waals surface area contributed by atoms with Crippen LogP contribution in [0.5, 0.6) is 0 Å². The van der Waals surface area contributed by atoms with Crippen molar-refractivity contribution in [3.05, 3.63) is 30.1 Å². The third kappa shape index (κ3) is 4.26. The zero-order chi connectivity index (χ0) is 14.4. The Labute approximate surface area is 107 Å². The average molecular weight is 270 g/mol. The third-order valence-corrected chi connectivity index (χ3v) is 2.18. The van der Waals surface area contributed by atoms with Crippen LogP contribution >= 0.6 is 0 Å². The first kappa shape index (κ1) is 14.4. The first-order valence-electron chi connectivity index (χ1n) is 5.19. The number of halogens is 1. The van der Waals surface area contributed by atoms with Crippen LogP contribution in [0.15, 0.2) is 24.3 Å². The van der Waals surface area contributed by atoms with Gasteiger partial charge in [0.25, 0.3) is 0 Å². The van der Waals surface area contributed by atoms with E-state index in [2.05, 4.69) is 5.32 Å². The smallest absolute Gasteiger partial charge is 0.414 e. The molecule has 7 nitrogen and oxygen atoms in total. The first-order valence-corrected chi connectivity index (χ1v) is 5.19. The van der Waals surface area contributed by atoms with Crippen molar-refractivity contribution >= 4 is 23.7 Å². The summed E-state index contributed by atoms with van der Waals surface area (Å²) >= 11 is 0. The Morgan fingerprint density at radius 2 is 1.68 bits per heavy atom. The van der Waals surface area contributed by atoms with Gasteiger partial charge in [0.2, 0.25) is 0 Å². The van der Waals surface area contributed by atoms with Crippen LogP contribution in [-0.4, -0.2) is 41.3 Å². The number of aliphatic carboxylic acids is 2. The van der Waals surface area contributed by atoms with Crippen molar-refractivity contribution in [2.45, 2.75) is 0 Å². The highest BCUT2D eigenvalue weighted by Crippen LogP contribution is 2.16. The van der Waals surface area contributed by atoms with Gasteiger partial charge in [0.15, 0.2) is 0 Å². The highest BCUT2D eigenvalue weighted by molar-refractivity contribution is 6.27. The quantitative estimate of drug-likeness (QED) is 0.644. The summed E-state index contributed by atoms with van der Waals surface area (Å²) in [6.45, 7) is 1.29. The van der Waals surface area contributed by atoms with E-state index in [-0.39, 0.29) is 11.8 Å². The Bertz CT molecular complexity index is 476. The van der Waals surface area contributed by atoms with Crippen molar-refractivity contribution in [1.82, 2.24) is 5.32 Å². The lowest BCUT2D eigenvalue weighted by Gasteiger charge is -2.13. The minimum Gasteiger partial charge on any atom is -0.473 e. The molecule has 2 amide bonds. The monoisotopic (exact) mass is 270 g/mol. The molecule has 0 radical (unpaired) electrons. The Morgan fingerprint density at radius 3 is 2.05 bits per heavy atom. The molecular weight excluding hydrogens is 259 g/mol. The zero-order valence-electron chi connectivity index (χ0n) is 9.67. The molecule has 1 aliphatic heterocycles. The van der Waals surface area contributed by atoms with Crippen molar-refractivity contribution in [3.8, 4) is 0 Å². The van der Waals surface area contributed by atoms with E-state index in [1.807, 2.05) is 0 Å². The van der Waals surface area contributed by atoms with Gasteiger partial charge in [-0.25, -0.2) is 18.8 Å². The Kier molecular flexibility index (Phi) is 4.81. The molecule has 1 aromatic carbocycles. The highest BCUT2D eigenvalue weighted by Gasteiger charge is 2.20. The maximum atomic E-state index is 12.6. The van der Waals surface area contributed by atoms with Gasteiger partial charge in [-0.3, -0.25) is 4.90 Å². The number of nitrogens with zero attached hydrogens (tertiary/aromatic N) is 1. The number of hydrogen-bond donors (Lipinski definition) is 3. The standard InChI is InChI=1S/C9H9FN2O.C2H2O4/c10-7-1-3-8(4-2-7)12-6-5-11-9(12)13;3-1(4)2(5)6/h1-4H,5-6H2,(H,11,13);(H,3,4)(H,5,6). The number of carboxylic acid groups (broad SMARTS) is 2. The fraction of sp³-hybridized carbons (Fsp3) is 0.182. The number of urea groups is 1. The molecular formula is C11H11FN2O5. The van der Waals surface area contributed by atoms with Crippen LogP contribution in [0.2, 0.25) is 0 Å². The third-order valence-electron chi connectivity index (χ3n) is 2.18. The second-order valence-corrected chi connectivity index (χ2v) is 3.47. The normalized spacial score (nSPS) is 13.3. The van der Waals surface area contributed by atoms with Crippen LogP contribution in [0.4, 0.5) is 14.9 Å². The van der Waals surface area contributed by atoms with Gasteiger partial charge in [0, 0.05) is 18.8 Å². The van der Waals surface area contributed by atoms with E-state index < -0.39 is 11.9 Å². The fourth-order valence-electron chi connectivity index (χ4n) is 1.34. The summed E-state index contributed by atoms with van der Waals surface area (Å²) in [5, 5.41) is 17.5. The van der Waals surface area contributed by atoms with Gasteiger partial charge in [0.05, 0.1) is 0 Å². The van der Waals surface area contributed by atoms with E-state index in [0.717, 1.165) is 5.69 Å². The maximum absolute atomic E-state index is 12.6. The summed E-state index contributed by atoms with van der Waals surface area (Å²) in [5.74, 6) is -3.94. The van der Waals surface area contributed by atoms with Gasteiger partial charge in [-0.15, -0.1) is 0 Å². The minimum atomic E-state index is -1.82. The average Bonchev–Trinajstić information content (AvgIpc) is 2.77. The highest BCUT2D eigenvalue weighted by atomic mass is 19.1. The number of carbonyl (C=O) groups is 3. The molecule has 1 saturated heterocycles. The molecule has 0 unspecified atom stereocenters. The molecule has 0 aliphatic carbocycles. The van der Waals surface area contributed by atoms with Gasteiger partial charge in [-0.2, -0.15) is 0 Å². The topological polar surface area (TPSA) is 107 Å². The molecule has 1 aromatic rings. The van der Waals surface area contributed by atoms with E-state index >= 15 is 0 Å². The molecule has 1 heterocycles. The Balaban J connectivity index is 0.000000258. The van der Waals surface area contributed by atoms with Crippen LogP contribution in [0.25, 0.3) is 0 Å². The number of carbonyl (C=O) groups excluding carboxylic acids is 1. The van der Waals surface area contributed by atoms with E-state index in [0.29, 0.717) is 13.1 Å². The van der Waals surface area contributed by atoms with E-state index in [4.69, 9.17) is 19.8 Å². The lowest BCUT2D eigenvalue weighted by molar-refractivity contribution is -0.159. The first-order chi connectivity index (χ1) is 8.91. The van der Waals surface area contributed by atoms with Crippen molar-refractivity contribution in [2.75, 3.05) is 18.0 Å². The number of hydrogen-bond acceptors (Lipinski definition) is 3. The largest absolute Gasteiger partial charge is 0.473 e. The van der Waals surface area contributed by atoms with E-state index in [1.54, 1.807) is 17.0 Å². The molecule has 2 rings (SSSR count).